The predicted octanol–water partition coefficient (Wildman–Crippen LogP) is 4.54. The number of aryl methyl sites for hydroxylation is 2. The number of fused-ring (bicyclic) bond motifs is 2. The number of aromatic amines is 1. The van der Waals surface area contributed by atoms with E-state index in [1.54, 1.807) is 14.2 Å². The molecule has 1 N–H and O–H groups in total. The topological polar surface area (TPSA) is 63.8 Å². The normalized spacial score (nSPS) is 13.8. The van der Waals surface area contributed by atoms with Crippen molar-refractivity contribution in [2.75, 3.05) is 27.4 Å². The first-order valence-electron chi connectivity index (χ1n) is 10.7. The first-order chi connectivity index (χ1) is 14.9. The van der Waals surface area contributed by atoms with Gasteiger partial charge in [-0.25, -0.2) is 4.79 Å². The van der Waals surface area contributed by atoms with Crippen molar-refractivity contribution in [2.24, 2.45) is 0 Å². The minimum atomic E-state index is -0.297. The number of carbonyl (C=O) groups is 1. The highest BCUT2D eigenvalue weighted by molar-refractivity contribution is 5.99. The molecule has 164 valence electrons. The van der Waals surface area contributed by atoms with Gasteiger partial charge in [0, 0.05) is 36.1 Å². The van der Waals surface area contributed by atoms with E-state index in [0.29, 0.717) is 18.8 Å². The summed E-state index contributed by atoms with van der Waals surface area (Å²) >= 11 is 0. The van der Waals surface area contributed by atoms with E-state index in [9.17, 15) is 4.79 Å². The average molecular weight is 423 g/mol. The van der Waals surface area contributed by atoms with Gasteiger partial charge in [-0.1, -0.05) is 6.07 Å². The second kappa shape index (κ2) is 8.63. The number of esters is 1. The maximum absolute atomic E-state index is 12.7. The van der Waals surface area contributed by atoms with Crippen molar-refractivity contribution in [3.8, 4) is 11.5 Å². The molecular weight excluding hydrogens is 392 g/mol. The van der Waals surface area contributed by atoms with Crippen molar-refractivity contribution in [1.29, 1.82) is 0 Å². The van der Waals surface area contributed by atoms with Crippen molar-refractivity contribution >= 4 is 16.9 Å². The number of hydrogen-bond acceptors (Lipinski definition) is 5. The van der Waals surface area contributed by atoms with Crippen LogP contribution in [0.3, 0.4) is 0 Å². The van der Waals surface area contributed by atoms with E-state index < -0.39 is 0 Å². The number of H-pyrrole nitrogens is 1. The van der Waals surface area contributed by atoms with E-state index in [2.05, 4.69) is 48.0 Å². The number of hydrogen-bond donors (Lipinski definition) is 1. The number of ether oxygens (including phenoxy) is 3. The molecule has 31 heavy (non-hydrogen) atoms. The van der Waals surface area contributed by atoms with E-state index in [1.807, 2.05) is 6.92 Å². The van der Waals surface area contributed by atoms with Crippen molar-refractivity contribution in [3.63, 3.8) is 0 Å². The number of benzene rings is 2. The van der Waals surface area contributed by atoms with Crippen LogP contribution in [0.2, 0.25) is 0 Å². The third-order valence-corrected chi connectivity index (χ3v) is 6.00. The molecule has 2 heterocycles. The van der Waals surface area contributed by atoms with Gasteiger partial charge in [0.1, 0.15) is 5.69 Å². The van der Waals surface area contributed by atoms with Crippen LogP contribution in [0.25, 0.3) is 10.9 Å². The zero-order chi connectivity index (χ0) is 22.1. The first kappa shape index (κ1) is 21.2. The van der Waals surface area contributed by atoms with Gasteiger partial charge in [0.25, 0.3) is 0 Å². The van der Waals surface area contributed by atoms with Crippen molar-refractivity contribution in [2.45, 2.75) is 40.3 Å². The lowest BCUT2D eigenvalue weighted by Gasteiger charge is -2.29. The molecule has 6 heteroatoms. The molecule has 0 radical (unpaired) electrons. The third-order valence-electron chi connectivity index (χ3n) is 6.00. The number of aromatic nitrogens is 1. The molecule has 0 saturated heterocycles. The molecule has 3 aromatic rings. The summed E-state index contributed by atoms with van der Waals surface area (Å²) in [4.78, 5) is 18.4. The number of nitrogens with one attached hydrogen (secondary N) is 1. The minimum Gasteiger partial charge on any atom is -0.493 e. The van der Waals surface area contributed by atoms with E-state index in [0.717, 1.165) is 47.5 Å². The summed E-state index contributed by atoms with van der Waals surface area (Å²) in [5, 5.41) is 1.12. The Kier molecular flexibility index (Phi) is 5.92. The number of methoxy groups -OCH3 is 2. The van der Waals surface area contributed by atoms with Crippen LogP contribution in [0, 0.1) is 13.8 Å². The number of nitrogens with zero attached hydrogens (tertiary/aromatic N) is 1. The van der Waals surface area contributed by atoms with E-state index in [-0.39, 0.29) is 5.97 Å². The Labute approximate surface area is 183 Å². The highest BCUT2D eigenvalue weighted by atomic mass is 16.5. The minimum absolute atomic E-state index is 0.297. The summed E-state index contributed by atoms with van der Waals surface area (Å²) in [6.07, 6.45) is 0.922. The largest absolute Gasteiger partial charge is 0.493 e. The second-order valence-corrected chi connectivity index (χ2v) is 8.14. The van der Waals surface area contributed by atoms with Gasteiger partial charge < -0.3 is 19.2 Å². The van der Waals surface area contributed by atoms with E-state index in [1.165, 1.54) is 22.3 Å². The van der Waals surface area contributed by atoms with Crippen LogP contribution in [0.15, 0.2) is 24.3 Å². The monoisotopic (exact) mass is 422 g/mol. The van der Waals surface area contributed by atoms with Gasteiger partial charge in [-0.2, -0.15) is 0 Å². The fourth-order valence-electron chi connectivity index (χ4n) is 4.64. The fraction of sp³-hybridized carbons (Fsp3) is 0.400. The van der Waals surface area contributed by atoms with Crippen LogP contribution in [-0.2, 0) is 24.2 Å². The lowest BCUT2D eigenvalue weighted by Crippen LogP contribution is -2.30. The van der Waals surface area contributed by atoms with Crippen molar-refractivity contribution < 1.29 is 19.0 Å². The highest BCUT2D eigenvalue weighted by Gasteiger charge is 2.25. The highest BCUT2D eigenvalue weighted by Crippen LogP contribution is 2.35. The van der Waals surface area contributed by atoms with Crippen LogP contribution < -0.4 is 9.47 Å². The summed E-state index contributed by atoms with van der Waals surface area (Å²) in [5.74, 6) is 1.21. The van der Waals surface area contributed by atoms with Gasteiger partial charge in [-0.05, 0) is 67.6 Å². The van der Waals surface area contributed by atoms with Gasteiger partial charge in [0.15, 0.2) is 11.5 Å². The zero-order valence-corrected chi connectivity index (χ0v) is 18.9. The van der Waals surface area contributed by atoms with Crippen molar-refractivity contribution in [3.05, 3.63) is 57.8 Å². The molecule has 6 nitrogen and oxygen atoms in total. The average Bonchev–Trinajstić information content (AvgIpc) is 3.11. The lowest BCUT2D eigenvalue weighted by molar-refractivity contribution is 0.0518. The van der Waals surface area contributed by atoms with Crippen LogP contribution >= 0.6 is 0 Å². The molecular formula is C25H30N2O4. The van der Waals surface area contributed by atoms with E-state index in [4.69, 9.17) is 14.2 Å². The maximum atomic E-state index is 12.7. The molecule has 2 aromatic carbocycles. The Bertz CT molecular complexity index is 1130. The van der Waals surface area contributed by atoms with Crippen LogP contribution in [0.4, 0.5) is 0 Å². The summed E-state index contributed by atoms with van der Waals surface area (Å²) < 4.78 is 16.3. The maximum Gasteiger partial charge on any atom is 0.355 e. The molecule has 1 aliphatic rings. The van der Waals surface area contributed by atoms with Gasteiger partial charge >= 0.3 is 5.97 Å². The Morgan fingerprint density at radius 3 is 2.45 bits per heavy atom. The van der Waals surface area contributed by atoms with Crippen LogP contribution in [0.5, 0.6) is 11.5 Å². The Morgan fingerprint density at radius 1 is 1.06 bits per heavy atom. The molecule has 4 rings (SSSR count). The number of rotatable bonds is 6. The smallest absolute Gasteiger partial charge is 0.355 e. The van der Waals surface area contributed by atoms with Gasteiger partial charge in [0.2, 0.25) is 0 Å². The van der Waals surface area contributed by atoms with Crippen LogP contribution in [0.1, 0.15) is 45.2 Å². The summed E-state index contributed by atoms with van der Waals surface area (Å²) in [6, 6.07) is 8.40. The summed E-state index contributed by atoms with van der Waals surface area (Å²) in [7, 11) is 3.32. The Hall–Kier alpha value is -2.99. The Balaban J connectivity index is 1.70. The van der Waals surface area contributed by atoms with Crippen molar-refractivity contribution in [1.82, 2.24) is 9.88 Å². The standard InChI is InChI=1S/C25H30N2O4/c1-6-31-25(28)24-19(23-16(3)9-15(2)10-20(23)26-24)14-27-8-7-17-11-21(29-4)22(30-5)12-18(17)13-27/h9-12,26H,6-8,13-14H2,1-5H3. The van der Waals surface area contributed by atoms with Crippen LogP contribution in [-0.4, -0.2) is 43.2 Å². The lowest BCUT2D eigenvalue weighted by atomic mass is 9.97. The molecule has 0 unspecified atom stereocenters. The molecule has 0 bridgehead atoms. The zero-order valence-electron chi connectivity index (χ0n) is 18.9. The van der Waals surface area contributed by atoms with Gasteiger partial charge in [0.05, 0.1) is 20.8 Å². The molecule has 1 aromatic heterocycles. The molecule has 0 fully saturated rings. The molecule has 0 amide bonds. The number of carbonyl (C=O) groups excluding carboxylic acids is 1. The summed E-state index contributed by atoms with van der Waals surface area (Å²) in [5.41, 5.74) is 7.40. The third kappa shape index (κ3) is 4.00. The molecule has 0 atom stereocenters. The quantitative estimate of drug-likeness (QED) is 0.591. The SMILES string of the molecule is CCOC(=O)c1[nH]c2cc(C)cc(C)c2c1CN1CCc2cc(OC)c(OC)cc2C1. The fourth-order valence-corrected chi connectivity index (χ4v) is 4.64. The predicted molar refractivity (Wildman–Crippen MR) is 121 cm³/mol. The van der Waals surface area contributed by atoms with Gasteiger partial charge in [-0.15, -0.1) is 0 Å². The Morgan fingerprint density at radius 2 is 1.77 bits per heavy atom. The summed E-state index contributed by atoms with van der Waals surface area (Å²) in [6.45, 7) is 8.72. The molecule has 0 spiro atoms. The first-order valence-corrected chi connectivity index (χ1v) is 10.7. The molecule has 0 aliphatic carbocycles. The van der Waals surface area contributed by atoms with E-state index >= 15 is 0 Å². The van der Waals surface area contributed by atoms with Gasteiger partial charge in [-0.3, -0.25) is 4.90 Å². The molecule has 1 aliphatic heterocycles. The molecule has 0 saturated carbocycles. The second-order valence-electron chi connectivity index (χ2n) is 8.14.